The first-order valence-electron chi connectivity index (χ1n) is 8.81. The first-order valence-corrected chi connectivity index (χ1v) is 9.62. The molecule has 7 heteroatoms. The van der Waals surface area contributed by atoms with Crippen LogP contribution in [-0.2, 0) is 12.8 Å². The number of nitrogens with zero attached hydrogens (tertiary/aromatic N) is 5. The van der Waals surface area contributed by atoms with Crippen molar-refractivity contribution < 1.29 is 0 Å². The highest BCUT2D eigenvalue weighted by Crippen LogP contribution is 2.33. The molecule has 1 N–H and O–H groups in total. The summed E-state index contributed by atoms with van der Waals surface area (Å²) in [6, 6.07) is 2.00. The highest BCUT2D eigenvalue weighted by molar-refractivity contribution is 7.15. The predicted octanol–water partition coefficient (Wildman–Crippen LogP) is 2.49. The Balaban J connectivity index is 1.44. The van der Waals surface area contributed by atoms with Crippen molar-refractivity contribution in [2.24, 2.45) is 0 Å². The smallest absolute Gasteiger partial charge is 0.227 e. The zero-order chi connectivity index (χ0) is 16.5. The minimum Gasteiger partial charge on any atom is -0.370 e. The summed E-state index contributed by atoms with van der Waals surface area (Å²) < 4.78 is 0. The van der Waals surface area contributed by atoms with Crippen LogP contribution in [-0.4, -0.2) is 47.7 Å². The topological polar surface area (TPSA) is 57.2 Å². The molecule has 24 heavy (non-hydrogen) atoms. The molecule has 4 rings (SSSR count). The van der Waals surface area contributed by atoms with Crippen molar-refractivity contribution in [1.82, 2.24) is 15.0 Å². The molecule has 0 aromatic carbocycles. The number of fused-ring (bicyclic) bond motifs is 1. The van der Waals surface area contributed by atoms with Crippen molar-refractivity contribution >= 4 is 28.2 Å². The van der Waals surface area contributed by atoms with Crippen LogP contribution < -0.4 is 15.1 Å². The summed E-state index contributed by atoms with van der Waals surface area (Å²) in [7, 11) is 0. The number of hydrogen-bond donors (Lipinski definition) is 1. The van der Waals surface area contributed by atoms with E-state index in [1.807, 2.05) is 24.3 Å². The second-order valence-corrected chi connectivity index (χ2v) is 7.48. The van der Waals surface area contributed by atoms with Crippen molar-refractivity contribution in [3.8, 4) is 0 Å². The van der Waals surface area contributed by atoms with Crippen LogP contribution in [0.1, 0.15) is 29.6 Å². The molecule has 0 atom stereocenters. The normalized spacial score (nSPS) is 17.2. The Morgan fingerprint density at radius 3 is 2.62 bits per heavy atom. The number of hydrogen-bond acceptors (Lipinski definition) is 7. The van der Waals surface area contributed by atoms with Crippen molar-refractivity contribution in [3.63, 3.8) is 0 Å². The van der Waals surface area contributed by atoms with E-state index in [2.05, 4.69) is 32.0 Å². The number of nitrogens with one attached hydrogen (secondary N) is 1. The Bertz CT molecular complexity index is 698. The molecule has 1 fully saturated rings. The Kier molecular flexibility index (Phi) is 4.26. The number of aromatic nitrogens is 3. The average Bonchev–Trinajstić information content (AvgIpc) is 3.16. The first kappa shape index (κ1) is 15.6. The number of thiazole rings is 1. The monoisotopic (exact) mass is 344 g/mol. The molecule has 0 radical (unpaired) electrons. The van der Waals surface area contributed by atoms with Crippen LogP contribution in [0.2, 0.25) is 0 Å². The fourth-order valence-corrected chi connectivity index (χ4v) is 4.58. The molecule has 128 valence electrons. The molecule has 1 saturated heterocycles. The molecular weight excluding hydrogens is 320 g/mol. The summed E-state index contributed by atoms with van der Waals surface area (Å²) in [5.41, 5.74) is 2.35. The Morgan fingerprint density at radius 2 is 1.88 bits per heavy atom. The van der Waals surface area contributed by atoms with E-state index in [1.165, 1.54) is 28.5 Å². The maximum Gasteiger partial charge on any atom is 0.227 e. The summed E-state index contributed by atoms with van der Waals surface area (Å²) in [6.45, 7) is 8.85. The summed E-state index contributed by atoms with van der Waals surface area (Å²) in [5.74, 6) is 1.76. The second kappa shape index (κ2) is 6.55. The quantitative estimate of drug-likeness (QED) is 0.920. The zero-order valence-corrected chi connectivity index (χ0v) is 15.2. The van der Waals surface area contributed by atoms with Gasteiger partial charge >= 0.3 is 0 Å². The third kappa shape index (κ3) is 3.05. The zero-order valence-electron chi connectivity index (χ0n) is 14.4. The summed E-state index contributed by atoms with van der Waals surface area (Å²) in [4.78, 5) is 20.3. The predicted molar refractivity (Wildman–Crippen MR) is 99.5 cm³/mol. The van der Waals surface area contributed by atoms with Gasteiger partial charge in [-0.2, -0.15) is 4.98 Å². The van der Waals surface area contributed by atoms with Gasteiger partial charge in [-0.25, -0.2) is 9.97 Å². The van der Waals surface area contributed by atoms with Gasteiger partial charge in [0.2, 0.25) is 5.95 Å². The Labute approximate surface area is 146 Å². The van der Waals surface area contributed by atoms with Crippen molar-refractivity contribution in [1.29, 1.82) is 0 Å². The lowest BCUT2D eigenvalue weighted by Crippen LogP contribution is -2.47. The van der Waals surface area contributed by atoms with Gasteiger partial charge in [0.05, 0.1) is 5.69 Å². The van der Waals surface area contributed by atoms with Gasteiger partial charge in [-0.05, 0) is 33.1 Å². The molecule has 0 saturated carbocycles. The van der Waals surface area contributed by atoms with Gasteiger partial charge in [-0.1, -0.05) is 0 Å². The van der Waals surface area contributed by atoms with Crippen LogP contribution in [0, 0.1) is 6.92 Å². The van der Waals surface area contributed by atoms with E-state index in [4.69, 9.17) is 4.98 Å². The van der Waals surface area contributed by atoms with Gasteiger partial charge in [0.15, 0.2) is 5.13 Å². The van der Waals surface area contributed by atoms with E-state index in [-0.39, 0.29) is 0 Å². The van der Waals surface area contributed by atoms with E-state index in [9.17, 15) is 0 Å². The molecule has 2 aromatic rings. The third-order valence-electron chi connectivity index (χ3n) is 4.62. The molecule has 6 nitrogen and oxygen atoms in total. The average molecular weight is 344 g/mol. The van der Waals surface area contributed by atoms with Crippen LogP contribution in [0.3, 0.4) is 0 Å². The number of aryl methyl sites for hydroxylation is 3. The summed E-state index contributed by atoms with van der Waals surface area (Å²) in [6.07, 6.45) is 3.66. The maximum absolute atomic E-state index is 4.85. The fraction of sp³-hybridized carbons (Fsp3) is 0.588. The minimum atomic E-state index is 0.840. The largest absolute Gasteiger partial charge is 0.370 e. The van der Waals surface area contributed by atoms with E-state index < -0.39 is 0 Å². The van der Waals surface area contributed by atoms with Crippen LogP contribution >= 0.6 is 11.3 Å². The molecule has 2 aromatic heterocycles. The van der Waals surface area contributed by atoms with Crippen LogP contribution in [0.25, 0.3) is 0 Å². The summed E-state index contributed by atoms with van der Waals surface area (Å²) >= 11 is 1.89. The standard InChI is InChI=1S/C17H24N6S/c1-3-18-15-11-12(2)19-16(21-15)22-7-9-23(10-8-22)17-20-13-5-4-6-14(13)24-17/h11H,3-10H2,1-2H3,(H,18,19,21). The lowest BCUT2D eigenvalue weighted by atomic mass is 10.3. The first-order chi connectivity index (χ1) is 11.7. The molecule has 0 amide bonds. The molecule has 0 spiro atoms. The molecule has 2 aliphatic rings. The van der Waals surface area contributed by atoms with Gasteiger partial charge < -0.3 is 15.1 Å². The van der Waals surface area contributed by atoms with E-state index in [0.717, 1.165) is 56.6 Å². The van der Waals surface area contributed by atoms with E-state index >= 15 is 0 Å². The number of rotatable bonds is 4. The van der Waals surface area contributed by atoms with Gasteiger partial charge in [0.25, 0.3) is 0 Å². The van der Waals surface area contributed by atoms with E-state index in [1.54, 1.807) is 0 Å². The van der Waals surface area contributed by atoms with Gasteiger partial charge in [0, 0.05) is 49.4 Å². The van der Waals surface area contributed by atoms with Crippen LogP contribution in [0.5, 0.6) is 0 Å². The van der Waals surface area contributed by atoms with Crippen LogP contribution in [0.4, 0.5) is 16.9 Å². The molecule has 3 heterocycles. The minimum absolute atomic E-state index is 0.840. The van der Waals surface area contributed by atoms with Crippen LogP contribution in [0.15, 0.2) is 6.07 Å². The SMILES string of the molecule is CCNc1cc(C)nc(N2CCN(c3nc4c(s3)CCC4)CC2)n1. The lowest BCUT2D eigenvalue weighted by molar-refractivity contribution is 0.637. The number of piperazine rings is 1. The van der Waals surface area contributed by atoms with Crippen molar-refractivity contribution in [2.45, 2.75) is 33.1 Å². The highest BCUT2D eigenvalue weighted by Gasteiger charge is 2.24. The molecule has 1 aliphatic heterocycles. The second-order valence-electron chi connectivity index (χ2n) is 6.42. The van der Waals surface area contributed by atoms with Gasteiger partial charge in [-0.15, -0.1) is 11.3 Å². The fourth-order valence-electron chi connectivity index (χ4n) is 3.38. The maximum atomic E-state index is 4.85. The molecule has 0 bridgehead atoms. The molecular formula is C17H24N6S. The van der Waals surface area contributed by atoms with Gasteiger partial charge in [0.1, 0.15) is 5.82 Å². The summed E-state index contributed by atoms with van der Waals surface area (Å²) in [5, 5.41) is 4.49. The van der Waals surface area contributed by atoms with Gasteiger partial charge in [-0.3, -0.25) is 0 Å². The molecule has 0 unspecified atom stereocenters. The number of anilines is 3. The highest BCUT2D eigenvalue weighted by atomic mass is 32.1. The Morgan fingerprint density at radius 1 is 1.08 bits per heavy atom. The Hall–Kier alpha value is -1.89. The van der Waals surface area contributed by atoms with E-state index in [0.29, 0.717) is 0 Å². The lowest BCUT2D eigenvalue weighted by Gasteiger charge is -2.34. The van der Waals surface area contributed by atoms with Crippen molar-refractivity contribution in [2.75, 3.05) is 47.8 Å². The molecule has 1 aliphatic carbocycles. The third-order valence-corrected chi connectivity index (χ3v) is 5.84. The van der Waals surface area contributed by atoms with Crippen molar-refractivity contribution in [3.05, 3.63) is 22.3 Å².